The van der Waals surface area contributed by atoms with Crippen LogP contribution < -0.4 is 0 Å². The Morgan fingerprint density at radius 2 is 1.92 bits per heavy atom. The second-order valence-corrected chi connectivity index (χ2v) is 5.12. The zero-order valence-electron chi connectivity index (χ0n) is 8.83. The summed E-state index contributed by atoms with van der Waals surface area (Å²) in [5.74, 6) is 2.45. The summed E-state index contributed by atoms with van der Waals surface area (Å²) in [7, 11) is 0. The SMILES string of the molecule is CCC1CCC(C(O)CSC)CC1. The number of aliphatic hydroxyl groups is 1. The molecule has 0 heterocycles. The monoisotopic (exact) mass is 202 g/mol. The molecule has 0 aromatic rings. The lowest BCUT2D eigenvalue weighted by Crippen LogP contribution is -2.27. The van der Waals surface area contributed by atoms with E-state index in [1.54, 1.807) is 11.8 Å². The summed E-state index contributed by atoms with van der Waals surface area (Å²) in [5.41, 5.74) is 0. The summed E-state index contributed by atoms with van der Waals surface area (Å²) >= 11 is 1.76. The molecule has 1 atom stereocenters. The third-order valence-electron chi connectivity index (χ3n) is 3.35. The zero-order chi connectivity index (χ0) is 9.68. The van der Waals surface area contributed by atoms with Crippen molar-refractivity contribution in [3.05, 3.63) is 0 Å². The van der Waals surface area contributed by atoms with E-state index in [2.05, 4.69) is 13.2 Å². The average Bonchev–Trinajstić information content (AvgIpc) is 2.18. The predicted octanol–water partition coefficient (Wildman–Crippen LogP) is 2.93. The molecule has 1 fully saturated rings. The molecule has 0 amide bonds. The Bertz CT molecular complexity index is 130. The van der Waals surface area contributed by atoms with Crippen LogP contribution in [0.25, 0.3) is 0 Å². The van der Waals surface area contributed by atoms with Crippen LogP contribution in [0.4, 0.5) is 0 Å². The van der Waals surface area contributed by atoms with E-state index in [1.807, 2.05) is 0 Å². The standard InChI is InChI=1S/C11H22OS/c1-3-9-4-6-10(7-5-9)11(12)8-13-2/h9-12H,3-8H2,1-2H3. The maximum absolute atomic E-state index is 9.81. The molecule has 1 unspecified atom stereocenters. The van der Waals surface area contributed by atoms with Crippen molar-refractivity contribution in [2.75, 3.05) is 12.0 Å². The van der Waals surface area contributed by atoms with Gasteiger partial charge in [0.15, 0.2) is 0 Å². The second kappa shape index (κ2) is 5.92. The average molecular weight is 202 g/mol. The quantitative estimate of drug-likeness (QED) is 0.756. The molecule has 0 aliphatic heterocycles. The Balaban J connectivity index is 2.23. The first-order chi connectivity index (χ1) is 6.27. The minimum absolute atomic E-state index is 0.0483. The predicted molar refractivity (Wildman–Crippen MR) is 60.1 cm³/mol. The molecule has 0 radical (unpaired) electrons. The number of rotatable bonds is 4. The number of aliphatic hydroxyl groups excluding tert-OH is 1. The van der Waals surface area contributed by atoms with Crippen molar-refractivity contribution in [3.8, 4) is 0 Å². The highest BCUT2D eigenvalue weighted by Crippen LogP contribution is 2.32. The summed E-state index contributed by atoms with van der Waals surface area (Å²) in [5, 5.41) is 9.81. The van der Waals surface area contributed by atoms with Crippen molar-refractivity contribution in [2.45, 2.75) is 45.1 Å². The summed E-state index contributed by atoms with van der Waals surface area (Å²) in [6, 6.07) is 0. The molecule has 1 N–H and O–H groups in total. The summed E-state index contributed by atoms with van der Waals surface area (Å²) in [6.45, 7) is 2.28. The molecule has 0 aromatic carbocycles. The molecular formula is C11H22OS. The van der Waals surface area contributed by atoms with Gasteiger partial charge in [0.1, 0.15) is 0 Å². The Morgan fingerprint density at radius 1 is 1.31 bits per heavy atom. The van der Waals surface area contributed by atoms with E-state index in [1.165, 1.54) is 32.1 Å². The minimum atomic E-state index is -0.0483. The van der Waals surface area contributed by atoms with Gasteiger partial charge in [-0.2, -0.15) is 11.8 Å². The van der Waals surface area contributed by atoms with Gasteiger partial charge >= 0.3 is 0 Å². The molecule has 1 saturated carbocycles. The van der Waals surface area contributed by atoms with Crippen LogP contribution in [0.2, 0.25) is 0 Å². The van der Waals surface area contributed by atoms with Crippen molar-refractivity contribution in [3.63, 3.8) is 0 Å². The lowest BCUT2D eigenvalue weighted by Gasteiger charge is -2.30. The van der Waals surface area contributed by atoms with Crippen LogP contribution in [0.3, 0.4) is 0 Å². The van der Waals surface area contributed by atoms with E-state index >= 15 is 0 Å². The van der Waals surface area contributed by atoms with Crippen LogP contribution in [-0.4, -0.2) is 23.2 Å². The summed E-state index contributed by atoms with van der Waals surface area (Å²) in [6.07, 6.45) is 8.53. The maximum Gasteiger partial charge on any atom is 0.0658 e. The van der Waals surface area contributed by atoms with Crippen LogP contribution in [0, 0.1) is 11.8 Å². The molecule has 1 nitrogen and oxygen atoms in total. The Hall–Kier alpha value is 0.310. The minimum Gasteiger partial charge on any atom is -0.392 e. The van der Waals surface area contributed by atoms with Gasteiger partial charge in [-0.1, -0.05) is 26.2 Å². The Labute approximate surface area is 86.3 Å². The van der Waals surface area contributed by atoms with E-state index in [0.29, 0.717) is 5.92 Å². The first-order valence-corrected chi connectivity index (χ1v) is 6.84. The highest BCUT2D eigenvalue weighted by molar-refractivity contribution is 7.98. The molecule has 2 heteroatoms. The smallest absolute Gasteiger partial charge is 0.0658 e. The van der Waals surface area contributed by atoms with Crippen molar-refractivity contribution in [1.82, 2.24) is 0 Å². The van der Waals surface area contributed by atoms with Crippen molar-refractivity contribution < 1.29 is 5.11 Å². The Morgan fingerprint density at radius 3 is 2.38 bits per heavy atom. The number of hydrogen-bond donors (Lipinski definition) is 1. The van der Waals surface area contributed by atoms with Crippen LogP contribution in [0.15, 0.2) is 0 Å². The number of hydrogen-bond acceptors (Lipinski definition) is 2. The van der Waals surface area contributed by atoms with E-state index in [-0.39, 0.29) is 6.10 Å². The fourth-order valence-corrected chi connectivity index (χ4v) is 2.90. The molecule has 1 rings (SSSR count). The van der Waals surface area contributed by atoms with Gasteiger partial charge in [0.05, 0.1) is 6.10 Å². The van der Waals surface area contributed by atoms with E-state index in [4.69, 9.17) is 0 Å². The maximum atomic E-state index is 9.81. The molecular weight excluding hydrogens is 180 g/mol. The van der Waals surface area contributed by atoms with Gasteiger partial charge in [-0.25, -0.2) is 0 Å². The first-order valence-electron chi connectivity index (χ1n) is 5.45. The summed E-state index contributed by atoms with van der Waals surface area (Å²) in [4.78, 5) is 0. The van der Waals surface area contributed by atoms with Crippen LogP contribution in [-0.2, 0) is 0 Å². The normalized spacial score (nSPS) is 31.6. The second-order valence-electron chi connectivity index (χ2n) is 4.21. The van der Waals surface area contributed by atoms with Gasteiger partial charge in [-0.05, 0) is 30.9 Å². The van der Waals surface area contributed by atoms with Gasteiger partial charge in [-0.3, -0.25) is 0 Å². The van der Waals surface area contributed by atoms with Crippen molar-refractivity contribution in [1.29, 1.82) is 0 Å². The van der Waals surface area contributed by atoms with Gasteiger partial charge in [0.2, 0.25) is 0 Å². The molecule has 0 saturated heterocycles. The van der Waals surface area contributed by atoms with Gasteiger partial charge in [0, 0.05) is 5.75 Å². The number of thioether (sulfide) groups is 1. The lowest BCUT2D eigenvalue weighted by atomic mass is 9.79. The highest BCUT2D eigenvalue weighted by atomic mass is 32.2. The summed E-state index contributed by atoms with van der Waals surface area (Å²) < 4.78 is 0. The largest absolute Gasteiger partial charge is 0.392 e. The molecule has 1 aliphatic rings. The lowest BCUT2D eigenvalue weighted by molar-refractivity contribution is 0.0917. The van der Waals surface area contributed by atoms with Crippen LogP contribution in [0.1, 0.15) is 39.0 Å². The topological polar surface area (TPSA) is 20.2 Å². The molecule has 0 bridgehead atoms. The van der Waals surface area contributed by atoms with Gasteiger partial charge in [-0.15, -0.1) is 0 Å². The molecule has 78 valence electrons. The third-order valence-corrected chi connectivity index (χ3v) is 4.03. The van der Waals surface area contributed by atoms with Crippen LogP contribution in [0.5, 0.6) is 0 Å². The fraction of sp³-hybridized carbons (Fsp3) is 1.00. The van der Waals surface area contributed by atoms with E-state index in [9.17, 15) is 5.11 Å². The molecule has 13 heavy (non-hydrogen) atoms. The molecule has 0 spiro atoms. The first kappa shape index (κ1) is 11.4. The van der Waals surface area contributed by atoms with Crippen LogP contribution >= 0.6 is 11.8 Å². The molecule has 0 aromatic heterocycles. The van der Waals surface area contributed by atoms with E-state index < -0.39 is 0 Å². The third kappa shape index (κ3) is 3.51. The highest BCUT2D eigenvalue weighted by Gasteiger charge is 2.24. The van der Waals surface area contributed by atoms with Gasteiger partial charge in [0.25, 0.3) is 0 Å². The van der Waals surface area contributed by atoms with E-state index in [0.717, 1.165) is 11.7 Å². The fourth-order valence-electron chi connectivity index (χ4n) is 2.29. The van der Waals surface area contributed by atoms with Crippen molar-refractivity contribution >= 4 is 11.8 Å². The molecule has 1 aliphatic carbocycles. The zero-order valence-corrected chi connectivity index (χ0v) is 9.65. The van der Waals surface area contributed by atoms with Gasteiger partial charge < -0.3 is 5.11 Å². The Kier molecular flexibility index (Phi) is 5.18. The van der Waals surface area contributed by atoms with Crippen molar-refractivity contribution in [2.24, 2.45) is 11.8 Å².